The van der Waals surface area contributed by atoms with E-state index in [0.717, 1.165) is 13.0 Å². The van der Waals surface area contributed by atoms with Crippen molar-refractivity contribution in [2.24, 2.45) is 0 Å². The van der Waals surface area contributed by atoms with Gasteiger partial charge in [0.1, 0.15) is 0 Å². The van der Waals surface area contributed by atoms with Crippen LogP contribution in [0.3, 0.4) is 0 Å². The van der Waals surface area contributed by atoms with Crippen LogP contribution in [0.4, 0.5) is 10.5 Å². The van der Waals surface area contributed by atoms with Crippen molar-refractivity contribution in [3.8, 4) is 17.2 Å². The zero-order valence-corrected chi connectivity index (χ0v) is 16.0. The first kappa shape index (κ1) is 20.9. The van der Waals surface area contributed by atoms with Gasteiger partial charge >= 0.3 is 6.03 Å². The molecule has 2 amide bonds. The van der Waals surface area contributed by atoms with Gasteiger partial charge in [0.25, 0.3) is 0 Å². The first-order chi connectivity index (χ1) is 12.0. The normalized spacial score (nSPS) is 10.5. The molecule has 0 aliphatic rings. The molecule has 0 bridgehead atoms. The largest absolute Gasteiger partial charge is 0.490 e. The smallest absolute Gasteiger partial charge is 0.319 e. The van der Waals surface area contributed by atoms with Gasteiger partial charge in [0, 0.05) is 18.7 Å². The van der Waals surface area contributed by atoms with E-state index < -0.39 is 0 Å². The van der Waals surface area contributed by atoms with Crippen LogP contribution in [0.25, 0.3) is 0 Å². The van der Waals surface area contributed by atoms with Gasteiger partial charge in [-0.1, -0.05) is 0 Å². The number of urea groups is 1. The Morgan fingerprint density at radius 2 is 1.56 bits per heavy atom. The standard InChI is InChI=1S/C18H31N3O4/c1-6-23-15-12-14(13-16(24-7-2)17(15)25-8-3)20-18(22)19-10-9-11-21(4)5/h12-13H,6-11H2,1-5H3,(H2,19,20,22). The van der Waals surface area contributed by atoms with Crippen molar-refractivity contribution < 1.29 is 19.0 Å². The Hall–Kier alpha value is -2.15. The number of rotatable bonds is 11. The number of hydrogen-bond donors (Lipinski definition) is 2. The van der Waals surface area contributed by atoms with Crippen LogP contribution in [0.5, 0.6) is 17.2 Å². The SMILES string of the molecule is CCOc1cc(NC(=O)NCCCN(C)C)cc(OCC)c1OCC. The Morgan fingerprint density at radius 3 is 2.04 bits per heavy atom. The molecule has 0 unspecified atom stereocenters. The van der Waals surface area contributed by atoms with Crippen LogP contribution in [0.2, 0.25) is 0 Å². The van der Waals surface area contributed by atoms with Crippen LogP contribution < -0.4 is 24.8 Å². The molecular weight excluding hydrogens is 322 g/mol. The number of benzene rings is 1. The topological polar surface area (TPSA) is 72.1 Å². The molecule has 0 spiro atoms. The summed E-state index contributed by atoms with van der Waals surface area (Å²) >= 11 is 0. The highest BCUT2D eigenvalue weighted by molar-refractivity contribution is 5.90. The van der Waals surface area contributed by atoms with Crippen molar-refractivity contribution in [1.29, 1.82) is 0 Å². The highest BCUT2D eigenvalue weighted by Crippen LogP contribution is 2.40. The maximum Gasteiger partial charge on any atom is 0.319 e. The van der Waals surface area contributed by atoms with Gasteiger partial charge in [-0.2, -0.15) is 0 Å². The predicted molar refractivity (Wildman–Crippen MR) is 100 cm³/mol. The average Bonchev–Trinajstić information content (AvgIpc) is 2.55. The second-order valence-electron chi connectivity index (χ2n) is 5.64. The van der Waals surface area contributed by atoms with Gasteiger partial charge in [-0.05, 0) is 47.8 Å². The van der Waals surface area contributed by atoms with E-state index in [0.29, 0.717) is 49.3 Å². The van der Waals surface area contributed by atoms with Crippen LogP contribution in [0.15, 0.2) is 12.1 Å². The quantitative estimate of drug-likeness (QED) is 0.599. The van der Waals surface area contributed by atoms with E-state index in [9.17, 15) is 4.79 Å². The molecule has 0 saturated heterocycles. The van der Waals surface area contributed by atoms with Crippen molar-refractivity contribution in [3.63, 3.8) is 0 Å². The van der Waals surface area contributed by atoms with Gasteiger partial charge in [-0.3, -0.25) is 0 Å². The van der Waals surface area contributed by atoms with Crippen LogP contribution in [0, 0.1) is 0 Å². The third-order valence-corrected chi connectivity index (χ3v) is 3.23. The fourth-order valence-electron chi connectivity index (χ4n) is 2.23. The Labute approximate surface area is 150 Å². The van der Waals surface area contributed by atoms with E-state index in [4.69, 9.17) is 14.2 Å². The highest BCUT2D eigenvalue weighted by atomic mass is 16.5. The van der Waals surface area contributed by atoms with Crippen molar-refractivity contribution in [3.05, 3.63) is 12.1 Å². The number of hydrogen-bond acceptors (Lipinski definition) is 5. The Kier molecular flexibility index (Phi) is 9.54. The third-order valence-electron chi connectivity index (χ3n) is 3.23. The lowest BCUT2D eigenvalue weighted by atomic mass is 10.2. The van der Waals surface area contributed by atoms with Crippen LogP contribution in [-0.4, -0.2) is 57.9 Å². The maximum atomic E-state index is 12.1. The predicted octanol–water partition coefficient (Wildman–Crippen LogP) is 2.96. The highest BCUT2D eigenvalue weighted by Gasteiger charge is 2.16. The second-order valence-corrected chi connectivity index (χ2v) is 5.64. The number of ether oxygens (including phenoxy) is 3. The lowest BCUT2D eigenvalue weighted by molar-refractivity contribution is 0.251. The summed E-state index contributed by atoms with van der Waals surface area (Å²) in [5.41, 5.74) is 0.598. The van der Waals surface area contributed by atoms with Gasteiger partial charge in [0.15, 0.2) is 11.5 Å². The van der Waals surface area contributed by atoms with Gasteiger partial charge in [-0.25, -0.2) is 4.79 Å². The first-order valence-electron chi connectivity index (χ1n) is 8.77. The summed E-state index contributed by atoms with van der Waals surface area (Å²) in [7, 11) is 4.01. The van der Waals surface area contributed by atoms with Crippen LogP contribution >= 0.6 is 0 Å². The molecule has 25 heavy (non-hydrogen) atoms. The first-order valence-corrected chi connectivity index (χ1v) is 8.77. The molecule has 2 N–H and O–H groups in total. The Morgan fingerprint density at radius 1 is 1.00 bits per heavy atom. The van der Waals surface area contributed by atoms with Gasteiger partial charge < -0.3 is 29.7 Å². The zero-order chi connectivity index (χ0) is 18.7. The molecule has 0 heterocycles. The number of anilines is 1. The lowest BCUT2D eigenvalue weighted by Crippen LogP contribution is -2.31. The number of nitrogens with one attached hydrogen (secondary N) is 2. The summed E-state index contributed by atoms with van der Waals surface area (Å²) in [5.74, 6) is 1.67. The molecule has 142 valence electrons. The monoisotopic (exact) mass is 353 g/mol. The summed E-state index contributed by atoms with van der Waals surface area (Å²) in [6, 6.07) is 3.24. The number of carbonyl (C=O) groups excluding carboxylic acids is 1. The van der Waals surface area contributed by atoms with Gasteiger partial charge in [0.2, 0.25) is 5.75 Å². The lowest BCUT2D eigenvalue weighted by Gasteiger charge is -2.17. The molecule has 7 nitrogen and oxygen atoms in total. The van der Waals surface area contributed by atoms with Gasteiger partial charge in [-0.15, -0.1) is 0 Å². The Bertz CT molecular complexity index is 508. The second kappa shape index (κ2) is 11.4. The fourth-order valence-corrected chi connectivity index (χ4v) is 2.23. The molecular formula is C18H31N3O4. The number of nitrogens with zero attached hydrogens (tertiary/aromatic N) is 1. The van der Waals surface area contributed by atoms with Crippen molar-refractivity contribution in [2.45, 2.75) is 27.2 Å². The van der Waals surface area contributed by atoms with Crippen molar-refractivity contribution >= 4 is 11.7 Å². The molecule has 0 radical (unpaired) electrons. The minimum Gasteiger partial charge on any atom is -0.490 e. The summed E-state index contributed by atoms with van der Waals surface area (Å²) in [5, 5.41) is 5.66. The summed E-state index contributed by atoms with van der Waals surface area (Å²) in [6.45, 7) is 8.71. The molecule has 0 aliphatic carbocycles. The van der Waals surface area contributed by atoms with E-state index >= 15 is 0 Å². The molecule has 0 atom stereocenters. The fraction of sp³-hybridized carbons (Fsp3) is 0.611. The molecule has 0 aliphatic heterocycles. The van der Waals surface area contributed by atoms with Crippen molar-refractivity contribution in [2.75, 3.05) is 52.3 Å². The van der Waals surface area contributed by atoms with E-state index in [1.165, 1.54) is 0 Å². The maximum absolute atomic E-state index is 12.1. The van der Waals surface area contributed by atoms with Crippen molar-refractivity contribution in [1.82, 2.24) is 10.2 Å². The molecule has 7 heteroatoms. The molecule has 1 aromatic rings. The number of carbonyl (C=O) groups is 1. The van der Waals surface area contributed by atoms with E-state index in [-0.39, 0.29) is 6.03 Å². The van der Waals surface area contributed by atoms with E-state index in [1.807, 2.05) is 34.9 Å². The van der Waals surface area contributed by atoms with Gasteiger partial charge in [0.05, 0.1) is 25.5 Å². The van der Waals surface area contributed by atoms with Crippen LogP contribution in [0.1, 0.15) is 27.2 Å². The number of amides is 2. The molecule has 0 fully saturated rings. The summed E-state index contributed by atoms with van der Waals surface area (Å²) in [6.07, 6.45) is 0.887. The minimum absolute atomic E-state index is 0.257. The summed E-state index contributed by atoms with van der Waals surface area (Å²) in [4.78, 5) is 14.1. The molecule has 1 rings (SSSR count). The Balaban J connectivity index is 2.82. The van der Waals surface area contributed by atoms with Crippen LogP contribution in [-0.2, 0) is 0 Å². The molecule has 0 aromatic heterocycles. The third kappa shape index (κ3) is 7.51. The van der Waals surface area contributed by atoms with E-state index in [1.54, 1.807) is 12.1 Å². The summed E-state index contributed by atoms with van der Waals surface area (Å²) < 4.78 is 16.9. The molecule has 1 aromatic carbocycles. The minimum atomic E-state index is -0.257. The zero-order valence-electron chi connectivity index (χ0n) is 16.0. The van der Waals surface area contributed by atoms with E-state index in [2.05, 4.69) is 15.5 Å². The molecule has 0 saturated carbocycles. The average molecular weight is 353 g/mol.